The highest BCUT2D eigenvalue weighted by Crippen LogP contribution is 2.25. The Kier molecular flexibility index (Phi) is 5.76. The van der Waals surface area contributed by atoms with E-state index < -0.39 is 0 Å². The van der Waals surface area contributed by atoms with Gasteiger partial charge in [0.25, 0.3) is 0 Å². The minimum absolute atomic E-state index is 0.102. The lowest BCUT2D eigenvalue weighted by Crippen LogP contribution is -2.35. The summed E-state index contributed by atoms with van der Waals surface area (Å²) in [6.07, 6.45) is 7.48. The Balaban J connectivity index is 1.66. The van der Waals surface area contributed by atoms with Crippen LogP contribution >= 0.6 is 0 Å². The van der Waals surface area contributed by atoms with Gasteiger partial charge in [-0.25, -0.2) is 4.68 Å². The lowest BCUT2D eigenvalue weighted by molar-refractivity contribution is 0.0145. The van der Waals surface area contributed by atoms with Gasteiger partial charge in [-0.2, -0.15) is 0 Å². The third kappa shape index (κ3) is 6.14. The molecule has 5 heteroatoms. The molecular formula is C16H30N4O. The predicted octanol–water partition coefficient (Wildman–Crippen LogP) is 2.76. The highest BCUT2D eigenvalue weighted by Gasteiger charge is 2.18. The fraction of sp³-hybridized carbons (Fsp3) is 0.875. The van der Waals surface area contributed by atoms with Crippen molar-refractivity contribution in [3.63, 3.8) is 0 Å². The minimum atomic E-state index is 0.102. The lowest BCUT2D eigenvalue weighted by atomic mass is 9.89. The number of nitrogens with zero attached hydrogens (tertiary/aromatic N) is 3. The molecule has 0 bridgehead atoms. The summed E-state index contributed by atoms with van der Waals surface area (Å²) in [6.45, 7) is 11.1. The number of hydrogen-bond donors (Lipinski definition) is 1. The van der Waals surface area contributed by atoms with E-state index in [0.717, 1.165) is 31.3 Å². The lowest BCUT2D eigenvalue weighted by Gasteiger charge is -2.26. The fourth-order valence-corrected chi connectivity index (χ4v) is 2.59. The summed E-state index contributed by atoms with van der Waals surface area (Å²) in [6, 6.07) is 0. The molecule has 120 valence electrons. The van der Waals surface area contributed by atoms with E-state index in [1.807, 2.05) is 10.9 Å². The molecule has 1 aliphatic rings. The average molecular weight is 294 g/mol. The maximum Gasteiger partial charge on any atom is 0.0965 e. The molecule has 1 saturated carbocycles. The number of ether oxygens (including phenoxy) is 1. The molecule has 1 fully saturated rings. The monoisotopic (exact) mass is 294 g/mol. The van der Waals surface area contributed by atoms with Gasteiger partial charge < -0.3 is 10.1 Å². The summed E-state index contributed by atoms with van der Waals surface area (Å²) in [4.78, 5) is 0. The zero-order valence-electron chi connectivity index (χ0n) is 13.9. The van der Waals surface area contributed by atoms with Crippen LogP contribution in [0.1, 0.15) is 59.1 Å². The Hall–Kier alpha value is -0.940. The summed E-state index contributed by atoms with van der Waals surface area (Å²) < 4.78 is 7.83. The van der Waals surface area contributed by atoms with Crippen molar-refractivity contribution >= 4 is 0 Å². The SMILES string of the molecule is CC1CCC(OCCn2cc(CNC(C)(C)C)nn2)CC1. The van der Waals surface area contributed by atoms with Crippen LogP contribution in [0.4, 0.5) is 0 Å². The molecule has 1 aliphatic carbocycles. The van der Waals surface area contributed by atoms with E-state index >= 15 is 0 Å². The Morgan fingerprint density at radius 1 is 1.29 bits per heavy atom. The second-order valence-electron chi connectivity index (χ2n) is 7.33. The maximum absolute atomic E-state index is 5.95. The second kappa shape index (κ2) is 7.36. The molecule has 1 aromatic heterocycles. The van der Waals surface area contributed by atoms with Crippen LogP contribution in [0.2, 0.25) is 0 Å². The molecule has 1 aromatic rings. The fourth-order valence-electron chi connectivity index (χ4n) is 2.59. The van der Waals surface area contributed by atoms with Gasteiger partial charge in [-0.15, -0.1) is 5.10 Å². The Bertz CT molecular complexity index is 416. The van der Waals surface area contributed by atoms with Gasteiger partial charge in [0.2, 0.25) is 0 Å². The average Bonchev–Trinajstić information content (AvgIpc) is 2.86. The van der Waals surface area contributed by atoms with E-state index in [2.05, 4.69) is 43.3 Å². The number of nitrogens with one attached hydrogen (secondary N) is 1. The van der Waals surface area contributed by atoms with Gasteiger partial charge in [-0.05, 0) is 52.4 Å². The van der Waals surface area contributed by atoms with E-state index in [4.69, 9.17) is 4.74 Å². The largest absolute Gasteiger partial charge is 0.376 e. The van der Waals surface area contributed by atoms with Crippen molar-refractivity contribution in [2.75, 3.05) is 6.61 Å². The molecule has 0 aliphatic heterocycles. The number of hydrogen-bond acceptors (Lipinski definition) is 4. The van der Waals surface area contributed by atoms with Crippen LogP contribution in [0.25, 0.3) is 0 Å². The van der Waals surface area contributed by atoms with E-state index in [-0.39, 0.29) is 5.54 Å². The molecule has 2 rings (SSSR count). The van der Waals surface area contributed by atoms with Crippen molar-refractivity contribution in [1.29, 1.82) is 0 Å². The highest BCUT2D eigenvalue weighted by molar-refractivity contribution is 4.93. The van der Waals surface area contributed by atoms with Crippen molar-refractivity contribution < 1.29 is 4.74 Å². The highest BCUT2D eigenvalue weighted by atomic mass is 16.5. The summed E-state index contributed by atoms with van der Waals surface area (Å²) in [5.41, 5.74) is 1.08. The predicted molar refractivity (Wildman–Crippen MR) is 84.0 cm³/mol. The van der Waals surface area contributed by atoms with E-state index in [9.17, 15) is 0 Å². The third-order valence-corrected chi connectivity index (χ3v) is 4.02. The van der Waals surface area contributed by atoms with Crippen molar-refractivity contribution in [3.05, 3.63) is 11.9 Å². The zero-order valence-corrected chi connectivity index (χ0v) is 13.9. The van der Waals surface area contributed by atoms with Gasteiger partial charge in [-0.3, -0.25) is 0 Å². The molecule has 0 atom stereocenters. The molecular weight excluding hydrogens is 264 g/mol. The summed E-state index contributed by atoms with van der Waals surface area (Å²) >= 11 is 0. The van der Waals surface area contributed by atoms with Gasteiger partial charge in [-0.1, -0.05) is 12.1 Å². The first-order valence-corrected chi connectivity index (χ1v) is 8.18. The van der Waals surface area contributed by atoms with Gasteiger partial charge >= 0.3 is 0 Å². The van der Waals surface area contributed by atoms with E-state index in [0.29, 0.717) is 6.10 Å². The molecule has 1 heterocycles. The topological polar surface area (TPSA) is 52.0 Å². The van der Waals surface area contributed by atoms with Gasteiger partial charge in [0.1, 0.15) is 0 Å². The number of rotatable bonds is 6. The van der Waals surface area contributed by atoms with Crippen LogP contribution in [0.15, 0.2) is 6.20 Å². The summed E-state index contributed by atoms with van der Waals surface area (Å²) in [5.74, 6) is 0.873. The third-order valence-electron chi connectivity index (χ3n) is 4.02. The molecule has 0 unspecified atom stereocenters. The molecule has 5 nitrogen and oxygen atoms in total. The van der Waals surface area contributed by atoms with Crippen molar-refractivity contribution in [2.24, 2.45) is 5.92 Å². The Morgan fingerprint density at radius 2 is 2.00 bits per heavy atom. The molecule has 0 aromatic carbocycles. The van der Waals surface area contributed by atoms with Gasteiger partial charge in [0.15, 0.2) is 0 Å². The minimum Gasteiger partial charge on any atom is -0.376 e. The Morgan fingerprint density at radius 3 is 2.67 bits per heavy atom. The van der Waals surface area contributed by atoms with E-state index in [1.165, 1.54) is 25.7 Å². The van der Waals surface area contributed by atoms with Crippen molar-refractivity contribution in [2.45, 2.75) is 78.1 Å². The zero-order chi connectivity index (χ0) is 15.3. The van der Waals surface area contributed by atoms with Crippen LogP contribution in [0, 0.1) is 5.92 Å². The first-order chi connectivity index (χ1) is 9.92. The van der Waals surface area contributed by atoms with Gasteiger partial charge in [0, 0.05) is 18.3 Å². The molecule has 0 saturated heterocycles. The smallest absolute Gasteiger partial charge is 0.0965 e. The molecule has 21 heavy (non-hydrogen) atoms. The standard InChI is InChI=1S/C16H30N4O/c1-13-5-7-15(8-6-13)21-10-9-20-12-14(18-19-20)11-17-16(2,3)4/h12-13,15,17H,5-11H2,1-4H3. The van der Waals surface area contributed by atoms with Crippen LogP contribution in [-0.4, -0.2) is 33.2 Å². The quantitative estimate of drug-likeness (QED) is 0.876. The molecule has 0 radical (unpaired) electrons. The molecule has 1 N–H and O–H groups in total. The van der Waals surface area contributed by atoms with Crippen molar-refractivity contribution in [3.8, 4) is 0 Å². The van der Waals surface area contributed by atoms with E-state index in [1.54, 1.807) is 0 Å². The summed E-state index contributed by atoms with van der Waals surface area (Å²) in [5, 5.41) is 11.8. The van der Waals surface area contributed by atoms with Crippen molar-refractivity contribution in [1.82, 2.24) is 20.3 Å². The number of aromatic nitrogens is 3. The second-order valence-corrected chi connectivity index (χ2v) is 7.33. The van der Waals surface area contributed by atoms with Crippen LogP contribution in [0.5, 0.6) is 0 Å². The normalized spacial score (nSPS) is 23.4. The van der Waals surface area contributed by atoms with Crippen LogP contribution < -0.4 is 5.32 Å². The molecule has 0 spiro atoms. The van der Waals surface area contributed by atoms with Gasteiger partial charge in [0.05, 0.1) is 24.9 Å². The molecule has 0 amide bonds. The van der Waals surface area contributed by atoms with Crippen LogP contribution in [0.3, 0.4) is 0 Å². The Labute approximate surface area is 128 Å². The first-order valence-electron chi connectivity index (χ1n) is 8.18. The van der Waals surface area contributed by atoms with Crippen LogP contribution in [-0.2, 0) is 17.8 Å². The first kappa shape index (κ1) is 16.4. The summed E-state index contributed by atoms with van der Waals surface area (Å²) in [7, 11) is 0. The maximum atomic E-state index is 5.95.